The van der Waals surface area contributed by atoms with Crippen LogP contribution in [0.5, 0.6) is 0 Å². The molecule has 1 amide bonds. The fourth-order valence-corrected chi connectivity index (χ4v) is 5.48. The number of carbonyl (C=O) groups is 2. The predicted molar refractivity (Wildman–Crippen MR) is 121 cm³/mol. The number of aryl methyl sites for hydroxylation is 1. The van der Waals surface area contributed by atoms with Crippen LogP contribution >= 0.6 is 22.7 Å². The Balaban J connectivity index is 0.000000230. The lowest BCUT2D eigenvalue weighted by Crippen LogP contribution is -2.42. The number of nitrogen functional groups attached to an aromatic ring is 1. The number of anilines is 1. The van der Waals surface area contributed by atoms with E-state index in [1.807, 2.05) is 4.90 Å². The minimum Gasteiger partial charge on any atom is -0.477 e. The Morgan fingerprint density at radius 1 is 1.34 bits per heavy atom. The van der Waals surface area contributed by atoms with E-state index in [1.54, 1.807) is 19.1 Å². The first-order chi connectivity index (χ1) is 15.3. The van der Waals surface area contributed by atoms with Crippen molar-refractivity contribution in [2.24, 2.45) is 11.7 Å². The summed E-state index contributed by atoms with van der Waals surface area (Å²) >= 11 is 2.36. The van der Waals surface area contributed by atoms with Gasteiger partial charge in [-0.25, -0.2) is 19.2 Å². The van der Waals surface area contributed by atoms with Crippen LogP contribution in [0.25, 0.3) is 10.4 Å². The van der Waals surface area contributed by atoms with Crippen LogP contribution in [0.15, 0.2) is 29.8 Å². The molecule has 0 radical (unpaired) electrons. The summed E-state index contributed by atoms with van der Waals surface area (Å²) in [7, 11) is 0. The van der Waals surface area contributed by atoms with Crippen molar-refractivity contribution in [2.75, 3.05) is 12.3 Å². The number of aromatic nitrogens is 2. The predicted octanol–water partition coefficient (Wildman–Crippen LogP) is 3.24. The van der Waals surface area contributed by atoms with Crippen molar-refractivity contribution in [3.8, 4) is 10.4 Å². The van der Waals surface area contributed by atoms with Gasteiger partial charge in [-0.2, -0.15) is 0 Å². The number of carbonyl (C=O) groups excluding carboxylic acids is 1. The van der Waals surface area contributed by atoms with Crippen molar-refractivity contribution in [3.05, 3.63) is 51.9 Å². The van der Waals surface area contributed by atoms with E-state index in [1.165, 1.54) is 29.0 Å². The van der Waals surface area contributed by atoms with E-state index in [4.69, 9.17) is 16.6 Å². The highest BCUT2D eigenvalue weighted by molar-refractivity contribution is 7.19. The van der Waals surface area contributed by atoms with Crippen molar-refractivity contribution < 1.29 is 19.1 Å². The first-order valence-corrected chi connectivity index (χ1v) is 11.7. The van der Waals surface area contributed by atoms with E-state index in [-0.39, 0.29) is 23.8 Å². The van der Waals surface area contributed by atoms with Crippen molar-refractivity contribution in [3.63, 3.8) is 0 Å². The minimum absolute atomic E-state index is 0.0644. The second-order valence-corrected chi connectivity index (χ2v) is 9.60. The number of halogens is 1. The Bertz CT molecular complexity index is 1160. The number of thiazole rings is 2. The molecule has 1 saturated carbocycles. The topological polar surface area (TPSA) is 135 Å². The molecule has 8 nitrogen and oxygen atoms in total. The Kier molecular flexibility index (Phi) is 6.22. The molecular weight excluding hydrogens is 453 g/mol. The van der Waals surface area contributed by atoms with Crippen molar-refractivity contribution >= 4 is 39.7 Å². The van der Waals surface area contributed by atoms with E-state index < -0.39 is 5.97 Å². The number of aromatic carboxylic acids is 1. The number of rotatable bonds is 4. The number of nitrogens with zero attached hydrogens (tertiary/aromatic N) is 3. The average Bonchev–Trinajstić information content (AvgIpc) is 3.07. The molecule has 1 aliphatic heterocycles. The number of hydrogen-bond acceptors (Lipinski definition) is 8. The van der Waals surface area contributed by atoms with E-state index in [0.717, 1.165) is 24.2 Å². The second-order valence-electron chi connectivity index (χ2n) is 7.71. The summed E-state index contributed by atoms with van der Waals surface area (Å²) in [6.07, 6.45) is 2.00. The highest BCUT2D eigenvalue weighted by atomic mass is 32.1. The van der Waals surface area contributed by atoms with Gasteiger partial charge in [-0.1, -0.05) is 23.5 Å². The van der Waals surface area contributed by atoms with Crippen LogP contribution in [-0.2, 0) is 0 Å². The molecule has 1 saturated heterocycles. The monoisotopic (exact) mass is 475 g/mol. The van der Waals surface area contributed by atoms with Gasteiger partial charge >= 0.3 is 5.97 Å². The maximum Gasteiger partial charge on any atom is 0.347 e. The summed E-state index contributed by atoms with van der Waals surface area (Å²) in [5.41, 5.74) is 14.7. The molecular formula is C21H22FN5O3S2. The van der Waals surface area contributed by atoms with Crippen LogP contribution in [0, 0.1) is 18.7 Å². The summed E-state index contributed by atoms with van der Waals surface area (Å²) in [6.45, 7) is 2.13. The third-order valence-electron chi connectivity index (χ3n) is 5.59. The van der Waals surface area contributed by atoms with E-state index in [2.05, 4.69) is 9.97 Å². The molecule has 2 aromatic heterocycles. The first kappa shape index (κ1) is 22.3. The maximum absolute atomic E-state index is 13.5. The molecule has 0 unspecified atom stereocenters. The van der Waals surface area contributed by atoms with Gasteiger partial charge < -0.3 is 21.5 Å². The molecule has 0 spiro atoms. The average molecular weight is 476 g/mol. The minimum atomic E-state index is -0.894. The number of likely N-dealkylation sites (tertiary alicyclic amines) is 1. The van der Waals surface area contributed by atoms with E-state index >= 15 is 0 Å². The van der Waals surface area contributed by atoms with Gasteiger partial charge in [-0.15, -0.1) is 11.3 Å². The van der Waals surface area contributed by atoms with Crippen molar-refractivity contribution in [1.82, 2.24) is 14.9 Å². The number of carboxylic acids is 1. The summed E-state index contributed by atoms with van der Waals surface area (Å²) < 4.78 is 13.5. The zero-order chi connectivity index (χ0) is 23.0. The smallest absolute Gasteiger partial charge is 0.347 e. The number of amides is 1. The van der Waals surface area contributed by atoms with Crippen LogP contribution in [0.1, 0.15) is 38.7 Å². The zero-order valence-electron chi connectivity index (χ0n) is 17.2. The largest absolute Gasteiger partial charge is 0.477 e. The fraction of sp³-hybridized carbons (Fsp3) is 0.333. The van der Waals surface area contributed by atoms with Gasteiger partial charge in [0.1, 0.15) is 16.4 Å². The first-order valence-electron chi connectivity index (χ1n) is 9.98. The molecule has 0 bridgehead atoms. The molecule has 3 heterocycles. The van der Waals surface area contributed by atoms with Gasteiger partial charge in [0, 0.05) is 18.6 Å². The van der Waals surface area contributed by atoms with Gasteiger partial charge in [-0.3, -0.25) is 4.79 Å². The van der Waals surface area contributed by atoms with Gasteiger partial charge in [0.25, 0.3) is 5.91 Å². The van der Waals surface area contributed by atoms with Gasteiger partial charge in [0.15, 0.2) is 5.13 Å². The number of hydrogen-bond donors (Lipinski definition) is 3. The van der Waals surface area contributed by atoms with Crippen LogP contribution in [-0.4, -0.2) is 50.5 Å². The summed E-state index contributed by atoms with van der Waals surface area (Å²) in [5.74, 6) is -0.815. The lowest BCUT2D eigenvalue weighted by atomic mass is 10.1. The number of fused-ring (bicyclic) bond motifs is 1. The lowest BCUT2D eigenvalue weighted by molar-refractivity contribution is 0.0692. The highest BCUT2D eigenvalue weighted by Crippen LogP contribution is 2.48. The van der Waals surface area contributed by atoms with Crippen LogP contribution in [0.2, 0.25) is 0 Å². The van der Waals surface area contributed by atoms with Gasteiger partial charge in [0.05, 0.1) is 16.1 Å². The Morgan fingerprint density at radius 3 is 2.72 bits per heavy atom. The van der Waals surface area contributed by atoms with Crippen LogP contribution in [0.3, 0.4) is 0 Å². The molecule has 1 aromatic carbocycles. The lowest BCUT2D eigenvalue weighted by Gasteiger charge is -2.26. The number of piperidine rings is 1. The maximum atomic E-state index is 13.5. The number of benzene rings is 1. The Labute approximate surface area is 191 Å². The summed E-state index contributed by atoms with van der Waals surface area (Å²) in [6, 6.07) is 6.48. The van der Waals surface area contributed by atoms with Crippen LogP contribution < -0.4 is 11.5 Å². The van der Waals surface area contributed by atoms with Gasteiger partial charge in [-0.05, 0) is 43.4 Å². The Morgan fingerprint density at radius 2 is 2.12 bits per heavy atom. The summed E-state index contributed by atoms with van der Waals surface area (Å²) in [4.78, 5) is 34.1. The molecule has 3 atom stereocenters. The number of nitrogens with two attached hydrogens (primary N) is 2. The summed E-state index contributed by atoms with van der Waals surface area (Å²) in [5, 5.41) is 8.73. The Hall–Kier alpha value is -2.89. The van der Waals surface area contributed by atoms with Gasteiger partial charge in [0.2, 0.25) is 0 Å². The number of carboxylic acid groups (broad SMARTS) is 1. The van der Waals surface area contributed by atoms with Crippen molar-refractivity contribution in [2.45, 2.75) is 31.8 Å². The molecule has 2 aliphatic rings. The van der Waals surface area contributed by atoms with Crippen molar-refractivity contribution in [1.29, 1.82) is 0 Å². The molecule has 5 N–H and O–H groups in total. The standard InChI is InChI=1S/C16H17FN4OS.C5H5NO2S/c17-10-3-1-2-8(4-10)14-13(20-16(19)23-14)15(22)21-11(7-18)5-9-6-12(9)21;1-3-4(5(7)8)9-2-6-3/h1-4,9,11-12H,5-7,18H2,(H2,19,20);2H,1H3,(H,7,8)/t9-,11+,12+;/m1./s1. The molecule has 168 valence electrons. The normalized spacial score (nSPS) is 21.0. The molecule has 3 aromatic rings. The van der Waals surface area contributed by atoms with Crippen LogP contribution in [0.4, 0.5) is 9.52 Å². The third-order valence-corrected chi connectivity index (χ3v) is 7.44. The molecule has 5 rings (SSSR count). The molecule has 11 heteroatoms. The third kappa shape index (κ3) is 4.36. The van der Waals surface area contributed by atoms with E-state index in [0.29, 0.717) is 44.3 Å². The fourth-order valence-electron chi connectivity index (χ4n) is 4.02. The quantitative estimate of drug-likeness (QED) is 0.527. The molecule has 32 heavy (non-hydrogen) atoms. The SMILES string of the molecule is Cc1ncsc1C(=O)O.NC[C@@H]1C[C@@H]2C[C@@H]2N1C(=O)c1nc(N)sc1-c1cccc(F)c1. The molecule has 1 aliphatic carbocycles. The van der Waals surface area contributed by atoms with E-state index in [9.17, 15) is 14.0 Å². The second kappa shape index (κ2) is 8.93. The molecule has 2 fully saturated rings. The highest BCUT2D eigenvalue weighted by Gasteiger charge is 2.54. The zero-order valence-corrected chi connectivity index (χ0v) is 18.8.